The van der Waals surface area contributed by atoms with Crippen LogP contribution in [0.1, 0.15) is 44.9 Å². The Bertz CT molecular complexity index is 181. The van der Waals surface area contributed by atoms with Crippen molar-refractivity contribution in [2.75, 3.05) is 26.7 Å². The molecule has 0 spiro atoms. The first kappa shape index (κ1) is 11.4. The van der Waals surface area contributed by atoms with Crippen LogP contribution in [0.15, 0.2) is 0 Å². The molecule has 88 valence electrons. The van der Waals surface area contributed by atoms with Gasteiger partial charge in [-0.3, -0.25) is 0 Å². The van der Waals surface area contributed by atoms with E-state index in [2.05, 4.69) is 17.3 Å². The molecule has 2 heteroatoms. The van der Waals surface area contributed by atoms with E-state index in [9.17, 15) is 0 Å². The van der Waals surface area contributed by atoms with Gasteiger partial charge in [0.15, 0.2) is 0 Å². The Hall–Kier alpha value is -0.0800. The maximum Gasteiger partial charge on any atom is 0.0108 e. The van der Waals surface area contributed by atoms with Gasteiger partial charge < -0.3 is 10.2 Å². The van der Waals surface area contributed by atoms with Gasteiger partial charge in [0.05, 0.1) is 0 Å². The summed E-state index contributed by atoms with van der Waals surface area (Å²) in [6, 6.07) is 0.813. The van der Waals surface area contributed by atoms with Crippen molar-refractivity contribution >= 4 is 0 Å². The molecule has 0 aromatic rings. The molecule has 2 rings (SSSR count). The highest BCUT2D eigenvalue weighted by molar-refractivity contribution is 4.83. The van der Waals surface area contributed by atoms with E-state index in [1.807, 2.05) is 0 Å². The molecule has 2 fully saturated rings. The van der Waals surface area contributed by atoms with Crippen LogP contribution in [-0.2, 0) is 0 Å². The number of likely N-dealkylation sites (N-methyl/N-ethyl adjacent to an activating group) is 1. The van der Waals surface area contributed by atoms with Crippen LogP contribution in [0.3, 0.4) is 0 Å². The molecule has 1 saturated heterocycles. The molecule has 2 nitrogen and oxygen atoms in total. The fourth-order valence-electron chi connectivity index (χ4n) is 3.16. The lowest BCUT2D eigenvalue weighted by molar-refractivity contribution is 0.263. The summed E-state index contributed by atoms with van der Waals surface area (Å²) < 4.78 is 0. The first-order valence-electron chi connectivity index (χ1n) is 6.78. The van der Waals surface area contributed by atoms with Gasteiger partial charge in [-0.25, -0.2) is 0 Å². The Kier molecular flexibility index (Phi) is 4.45. The summed E-state index contributed by atoms with van der Waals surface area (Å²) in [4.78, 5) is 2.51. The predicted octanol–water partition coefficient (Wildman–Crippen LogP) is 2.25. The molecule has 2 aliphatic rings. The molecule has 2 unspecified atom stereocenters. The number of rotatable bonds is 0. The Morgan fingerprint density at radius 2 is 1.73 bits per heavy atom. The van der Waals surface area contributed by atoms with Gasteiger partial charge in [0.1, 0.15) is 0 Å². The van der Waals surface area contributed by atoms with Gasteiger partial charge in [0.25, 0.3) is 0 Å². The Balaban J connectivity index is 1.95. The number of nitrogens with zero attached hydrogens (tertiary/aromatic N) is 1. The highest BCUT2D eigenvalue weighted by atomic mass is 15.1. The topological polar surface area (TPSA) is 15.3 Å². The average Bonchev–Trinajstić information content (AvgIpc) is 2.33. The van der Waals surface area contributed by atoms with Crippen molar-refractivity contribution < 1.29 is 0 Å². The van der Waals surface area contributed by atoms with Gasteiger partial charge in [0, 0.05) is 25.7 Å². The Morgan fingerprint density at radius 1 is 1.00 bits per heavy atom. The average molecular weight is 210 g/mol. The monoisotopic (exact) mass is 210 g/mol. The normalized spacial score (nSPS) is 35.8. The number of hydrogen-bond acceptors (Lipinski definition) is 2. The summed E-state index contributed by atoms with van der Waals surface area (Å²) in [6.07, 6.45) is 10.2. The van der Waals surface area contributed by atoms with Crippen LogP contribution in [-0.4, -0.2) is 37.6 Å². The van der Waals surface area contributed by atoms with E-state index in [0.717, 1.165) is 12.0 Å². The second-order valence-corrected chi connectivity index (χ2v) is 5.43. The van der Waals surface area contributed by atoms with Gasteiger partial charge in [-0.1, -0.05) is 32.1 Å². The summed E-state index contributed by atoms with van der Waals surface area (Å²) in [5, 5.41) is 3.77. The van der Waals surface area contributed by atoms with Crippen molar-refractivity contribution in [1.29, 1.82) is 0 Å². The lowest BCUT2D eigenvalue weighted by Crippen LogP contribution is -2.36. The summed E-state index contributed by atoms with van der Waals surface area (Å²) in [7, 11) is 2.27. The van der Waals surface area contributed by atoms with Gasteiger partial charge in [-0.2, -0.15) is 0 Å². The molecule has 0 radical (unpaired) electrons. The van der Waals surface area contributed by atoms with E-state index in [-0.39, 0.29) is 0 Å². The molecule has 0 bridgehead atoms. The van der Waals surface area contributed by atoms with Crippen molar-refractivity contribution in [2.45, 2.75) is 51.0 Å². The molecule has 1 saturated carbocycles. The minimum Gasteiger partial charge on any atom is -0.312 e. The van der Waals surface area contributed by atoms with E-state index in [0.29, 0.717) is 0 Å². The number of nitrogens with one attached hydrogen (secondary N) is 1. The summed E-state index contributed by atoms with van der Waals surface area (Å²) >= 11 is 0. The maximum absolute atomic E-state index is 3.77. The SMILES string of the molecule is CN1CCNC2CCCCCCCC2C1. The molecule has 0 aromatic heterocycles. The summed E-state index contributed by atoms with van der Waals surface area (Å²) in [5.41, 5.74) is 0. The van der Waals surface area contributed by atoms with Crippen molar-refractivity contribution in [3.8, 4) is 0 Å². The molecule has 15 heavy (non-hydrogen) atoms. The van der Waals surface area contributed by atoms with Crippen LogP contribution in [0.25, 0.3) is 0 Å². The van der Waals surface area contributed by atoms with Gasteiger partial charge in [-0.15, -0.1) is 0 Å². The zero-order valence-corrected chi connectivity index (χ0v) is 10.2. The van der Waals surface area contributed by atoms with Crippen LogP contribution in [0.2, 0.25) is 0 Å². The van der Waals surface area contributed by atoms with E-state index in [1.54, 1.807) is 0 Å². The first-order chi connectivity index (χ1) is 7.36. The largest absolute Gasteiger partial charge is 0.312 e. The fourth-order valence-corrected chi connectivity index (χ4v) is 3.16. The lowest BCUT2D eigenvalue weighted by atomic mass is 9.91. The zero-order valence-electron chi connectivity index (χ0n) is 10.2. The number of fused-ring (bicyclic) bond motifs is 1. The molecule has 2 atom stereocenters. The highest BCUT2D eigenvalue weighted by Gasteiger charge is 2.25. The predicted molar refractivity (Wildman–Crippen MR) is 65.1 cm³/mol. The van der Waals surface area contributed by atoms with Crippen LogP contribution in [0, 0.1) is 5.92 Å². The molecule has 1 heterocycles. The third-order valence-electron chi connectivity index (χ3n) is 4.11. The van der Waals surface area contributed by atoms with E-state index < -0.39 is 0 Å². The molecular formula is C13H26N2. The third kappa shape index (κ3) is 3.46. The second kappa shape index (κ2) is 5.86. The van der Waals surface area contributed by atoms with Crippen LogP contribution in [0.5, 0.6) is 0 Å². The van der Waals surface area contributed by atoms with E-state index in [4.69, 9.17) is 0 Å². The quantitative estimate of drug-likeness (QED) is 0.660. The van der Waals surface area contributed by atoms with Crippen molar-refractivity contribution in [1.82, 2.24) is 10.2 Å². The standard InChI is InChI=1S/C13H26N2/c1-15-10-9-14-13-8-6-4-2-3-5-7-12(13)11-15/h12-14H,2-11H2,1H3. The molecule has 1 aliphatic carbocycles. The van der Waals surface area contributed by atoms with Crippen LogP contribution in [0.4, 0.5) is 0 Å². The number of hydrogen-bond donors (Lipinski definition) is 1. The van der Waals surface area contributed by atoms with Gasteiger partial charge >= 0.3 is 0 Å². The van der Waals surface area contributed by atoms with Gasteiger partial charge in [0.2, 0.25) is 0 Å². The summed E-state index contributed by atoms with van der Waals surface area (Å²) in [5.74, 6) is 0.913. The molecular weight excluding hydrogens is 184 g/mol. The van der Waals surface area contributed by atoms with E-state index >= 15 is 0 Å². The molecule has 1 aliphatic heterocycles. The smallest absolute Gasteiger partial charge is 0.0108 e. The maximum atomic E-state index is 3.77. The minimum absolute atomic E-state index is 0.813. The highest BCUT2D eigenvalue weighted by Crippen LogP contribution is 2.24. The first-order valence-corrected chi connectivity index (χ1v) is 6.78. The van der Waals surface area contributed by atoms with Crippen molar-refractivity contribution in [3.05, 3.63) is 0 Å². The fraction of sp³-hybridized carbons (Fsp3) is 1.00. The lowest BCUT2D eigenvalue weighted by Gasteiger charge is -2.26. The van der Waals surface area contributed by atoms with Crippen LogP contribution < -0.4 is 5.32 Å². The molecule has 1 N–H and O–H groups in total. The van der Waals surface area contributed by atoms with Crippen molar-refractivity contribution in [2.24, 2.45) is 5.92 Å². The second-order valence-electron chi connectivity index (χ2n) is 5.43. The zero-order chi connectivity index (χ0) is 10.5. The minimum atomic E-state index is 0.813. The van der Waals surface area contributed by atoms with Gasteiger partial charge in [-0.05, 0) is 25.8 Å². The third-order valence-corrected chi connectivity index (χ3v) is 4.11. The van der Waals surface area contributed by atoms with Crippen LogP contribution >= 0.6 is 0 Å². The molecule has 0 amide bonds. The summed E-state index contributed by atoms with van der Waals surface area (Å²) in [6.45, 7) is 3.74. The molecule has 0 aromatic carbocycles. The Morgan fingerprint density at radius 3 is 2.60 bits per heavy atom. The van der Waals surface area contributed by atoms with E-state index in [1.165, 1.54) is 64.6 Å². The Labute approximate surface area is 94.4 Å². The van der Waals surface area contributed by atoms with Crippen molar-refractivity contribution in [3.63, 3.8) is 0 Å².